The van der Waals surface area contributed by atoms with Gasteiger partial charge in [0.25, 0.3) is 5.24 Å². The molecule has 38 heavy (non-hydrogen) atoms. The molecule has 4 rings (SSSR count). The van der Waals surface area contributed by atoms with E-state index in [1.54, 1.807) is 6.20 Å². The van der Waals surface area contributed by atoms with Crippen molar-refractivity contribution >= 4 is 34.7 Å². The van der Waals surface area contributed by atoms with Crippen LogP contribution >= 0.6 is 11.8 Å². The van der Waals surface area contributed by atoms with E-state index in [9.17, 15) is 14.4 Å². The fourth-order valence-electron chi connectivity index (χ4n) is 4.50. The molecule has 2 N–H and O–H groups in total. The molecule has 2 amide bonds. The fourth-order valence-corrected chi connectivity index (χ4v) is 5.36. The van der Waals surface area contributed by atoms with Crippen molar-refractivity contribution in [2.45, 2.75) is 45.9 Å². The van der Waals surface area contributed by atoms with Crippen molar-refractivity contribution in [2.75, 3.05) is 18.5 Å². The van der Waals surface area contributed by atoms with Crippen molar-refractivity contribution in [3.8, 4) is 16.9 Å². The number of imide groups is 1. The zero-order valence-electron chi connectivity index (χ0n) is 21.9. The smallest absolute Gasteiger partial charge is 0.302 e. The molecule has 2 heterocycles. The Hall–Kier alpha value is -3.85. The largest absolute Gasteiger partial charge is 0.490 e. The molecule has 0 aliphatic carbocycles. The lowest BCUT2D eigenvalue weighted by Crippen LogP contribution is -2.25. The van der Waals surface area contributed by atoms with Crippen LogP contribution in [0.2, 0.25) is 0 Å². The highest BCUT2D eigenvalue weighted by Gasteiger charge is 2.31. The van der Waals surface area contributed by atoms with Gasteiger partial charge in [-0.05, 0) is 84.3 Å². The van der Waals surface area contributed by atoms with Crippen molar-refractivity contribution in [1.82, 2.24) is 10.3 Å². The van der Waals surface area contributed by atoms with Crippen molar-refractivity contribution in [1.29, 1.82) is 0 Å². The summed E-state index contributed by atoms with van der Waals surface area (Å²) in [4.78, 5) is 38.6. The van der Waals surface area contributed by atoms with Crippen LogP contribution in [0, 0.1) is 20.8 Å². The maximum absolute atomic E-state index is 11.8. The summed E-state index contributed by atoms with van der Waals surface area (Å²) in [6.07, 6.45) is 2.20. The Balaban J connectivity index is 1.41. The van der Waals surface area contributed by atoms with E-state index in [2.05, 4.69) is 54.6 Å². The molecule has 1 saturated heterocycles. The van der Waals surface area contributed by atoms with Gasteiger partial charge in [-0.3, -0.25) is 19.7 Å². The van der Waals surface area contributed by atoms with Gasteiger partial charge in [-0.15, -0.1) is 0 Å². The zero-order chi connectivity index (χ0) is 27.2. The van der Waals surface area contributed by atoms with Gasteiger partial charge in [0.15, 0.2) is 0 Å². The first kappa shape index (κ1) is 27.2. The molecular formula is C29H31N3O5S. The number of nitrogens with one attached hydrogen (secondary N) is 2. The standard InChI is InChI=1S/C29H31N3O5S/c1-17-12-23(37-11-10-36-20(4)33)13-18(2)27(17)24-7-5-6-22(19(24)3)16-31-26-9-8-21(15-30-26)14-25-28(34)32-29(35)38-25/h5-9,12-13,15,25H,10-11,14,16H2,1-4H3,(H,30,31)(H,32,34,35). The number of anilines is 1. The van der Waals surface area contributed by atoms with E-state index >= 15 is 0 Å². The van der Waals surface area contributed by atoms with Crippen molar-refractivity contribution < 1.29 is 23.9 Å². The molecule has 8 nitrogen and oxygen atoms in total. The lowest BCUT2D eigenvalue weighted by molar-refractivity contribution is -0.141. The number of rotatable bonds is 10. The van der Waals surface area contributed by atoms with Crippen LogP contribution in [0.15, 0.2) is 48.7 Å². The molecule has 1 unspecified atom stereocenters. The number of benzene rings is 2. The second kappa shape index (κ2) is 12.1. The summed E-state index contributed by atoms with van der Waals surface area (Å²) >= 11 is 1.02. The van der Waals surface area contributed by atoms with Gasteiger partial charge >= 0.3 is 5.97 Å². The van der Waals surface area contributed by atoms with E-state index in [4.69, 9.17) is 9.47 Å². The van der Waals surface area contributed by atoms with Gasteiger partial charge in [-0.25, -0.2) is 4.98 Å². The Labute approximate surface area is 226 Å². The van der Waals surface area contributed by atoms with Gasteiger partial charge in [-0.1, -0.05) is 36.0 Å². The van der Waals surface area contributed by atoms with Crippen molar-refractivity contribution in [2.24, 2.45) is 0 Å². The summed E-state index contributed by atoms with van der Waals surface area (Å²) < 4.78 is 10.7. The molecule has 3 aromatic rings. The minimum atomic E-state index is -0.401. The molecule has 0 bridgehead atoms. The molecule has 1 atom stereocenters. The number of esters is 1. The van der Waals surface area contributed by atoms with Crippen LogP contribution in [0.1, 0.15) is 34.7 Å². The van der Waals surface area contributed by atoms with Crippen LogP contribution in [0.3, 0.4) is 0 Å². The van der Waals surface area contributed by atoms with Gasteiger partial charge in [-0.2, -0.15) is 0 Å². The summed E-state index contributed by atoms with van der Waals surface area (Å²) in [6.45, 7) is 8.78. The number of carbonyl (C=O) groups is 3. The molecule has 0 radical (unpaired) electrons. The molecule has 1 fully saturated rings. The maximum atomic E-state index is 11.8. The molecule has 1 aliphatic heterocycles. The Kier molecular flexibility index (Phi) is 8.68. The third kappa shape index (κ3) is 6.72. The number of carbonyl (C=O) groups excluding carboxylic acids is 3. The van der Waals surface area contributed by atoms with Crippen LogP contribution in [0.25, 0.3) is 11.1 Å². The average molecular weight is 534 g/mol. The predicted molar refractivity (Wildman–Crippen MR) is 148 cm³/mol. The Bertz CT molecular complexity index is 1330. The Morgan fingerprint density at radius 2 is 1.84 bits per heavy atom. The second-order valence-electron chi connectivity index (χ2n) is 9.20. The lowest BCUT2D eigenvalue weighted by atomic mass is 9.90. The Morgan fingerprint density at radius 1 is 1.08 bits per heavy atom. The number of hydrogen-bond donors (Lipinski definition) is 2. The normalized spacial score (nSPS) is 14.8. The third-order valence-electron chi connectivity index (χ3n) is 6.35. The van der Waals surface area contributed by atoms with Crippen LogP contribution in [0.4, 0.5) is 10.6 Å². The molecule has 198 valence electrons. The molecular weight excluding hydrogens is 502 g/mol. The van der Waals surface area contributed by atoms with Crippen molar-refractivity contribution in [3.05, 3.63) is 76.5 Å². The average Bonchev–Trinajstić information content (AvgIpc) is 3.18. The van der Waals surface area contributed by atoms with Gasteiger partial charge in [0, 0.05) is 19.7 Å². The first-order valence-electron chi connectivity index (χ1n) is 12.4. The summed E-state index contributed by atoms with van der Waals surface area (Å²) in [5.41, 5.74) is 7.79. The lowest BCUT2D eigenvalue weighted by Gasteiger charge is -2.18. The fraction of sp³-hybridized carbons (Fsp3) is 0.310. The number of amides is 2. The van der Waals surface area contributed by atoms with E-state index in [1.165, 1.54) is 18.1 Å². The Morgan fingerprint density at radius 3 is 2.47 bits per heavy atom. The minimum Gasteiger partial charge on any atom is -0.490 e. The van der Waals surface area contributed by atoms with Gasteiger partial charge in [0.1, 0.15) is 24.8 Å². The highest BCUT2D eigenvalue weighted by molar-refractivity contribution is 8.15. The number of nitrogens with zero attached hydrogens (tertiary/aromatic N) is 1. The highest BCUT2D eigenvalue weighted by atomic mass is 32.2. The van der Waals surface area contributed by atoms with Gasteiger partial charge < -0.3 is 14.8 Å². The summed E-state index contributed by atoms with van der Waals surface area (Å²) in [5.74, 6) is 0.923. The minimum absolute atomic E-state index is 0.221. The summed E-state index contributed by atoms with van der Waals surface area (Å²) in [6, 6.07) is 14.1. The zero-order valence-corrected chi connectivity index (χ0v) is 22.7. The number of ether oxygens (including phenoxy) is 2. The van der Waals surface area contributed by atoms with Gasteiger partial charge in [0.2, 0.25) is 5.91 Å². The molecule has 1 aromatic heterocycles. The molecule has 1 aliphatic rings. The summed E-state index contributed by atoms with van der Waals surface area (Å²) in [5, 5.41) is 5.00. The maximum Gasteiger partial charge on any atom is 0.302 e. The molecule has 0 spiro atoms. The predicted octanol–water partition coefficient (Wildman–Crippen LogP) is 5.12. The highest BCUT2D eigenvalue weighted by Crippen LogP contribution is 2.34. The van der Waals surface area contributed by atoms with Crippen LogP contribution in [-0.2, 0) is 27.3 Å². The number of thioether (sulfide) groups is 1. The second-order valence-corrected chi connectivity index (χ2v) is 10.4. The van der Waals surface area contributed by atoms with E-state index < -0.39 is 5.25 Å². The van der Waals surface area contributed by atoms with Crippen molar-refractivity contribution in [3.63, 3.8) is 0 Å². The molecule has 2 aromatic carbocycles. The molecule has 0 saturated carbocycles. The van der Waals surface area contributed by atoms with Crippen LogP contribution in [-0.4, -0.2) is 40.6 Å². The van der Waals surface area contributed by atoms with Gasteiger partial charge in [0.05, 0.1) is 5.25 Å². The van der Waals surface area contributed by atoms with E-state index in [-0.39, 0.29) is 23.7 Å². The number of aryl methyl sites for hydroxylation is 2. The third-order valence-corrected chi connectivity index (χ3v) is 7.33. The van der Waals surface area contributed by atoms with Crippen LogP contribution in [0.5, 0.6) is 5.75 Å². The van der Waals surface area contributed by atoms with E-state index in [0.29, 0.717) is 19.6 Å². The van der Waals surface area contributed by atoms with E-state index in [1.807, 2.05) is 24.3 Å². The molecule has 9 heteroatoms. The first-order chi connectivity index (χ1) is 18.2. The number of hydrogen-bond acceptors (Lipinski definition) is 8. The summed E-state index contributed by atoms with van der Waals surface area (Å²) in [7, 11) is 0. The number of pyridine rings is 1. The monoisotopic (exact) mass is 533 g/mol. The van der Waals surface area contributed by atoms with Crippen LogP contribution < -0.4 is 15.4 Å². The SMILES string of the molecule is CC(=O)OCCOc1cc(C)c(-c2cccc(CNc3ccc(CC4SC(=O)NC4=O)cn3)c2C)c(C)c1. The quantitative estimate of drug-likeness (QED) is 0.273. The van der Waals surface area contributed by atoms with E-state index in [0.717, 1.165) is 51.1 Å². The topological polar surface area (TPSA) is 107 Å². The number of aromatic nitrogens is 1. The first-order valence-corrected chi connectivity index (χ1v) is 13.3.